The van der Waals surface area contributed by atoms with Gasteiger partial charge in [0.05, 0.1) is 0 Å². The Morgan fingerprint density at radius 1 is 1.29 bits per heavy atom. The summed E-state index contributed by atoms with van der Waals surface area (Å²) in [6.45, 7) is 8.17. The summed E-state index contributed by atoms with van der Waals surface area (Å²) >= 11 is 0. The zero-order valence-corrected chi connectivity index (χ0v) is 17.2. The van der Waals surface area contributed by atoms with Crippen molar-refractivity contribution in [1.82, 2.24) is 20.2 Å². The first kappa shape index (κ1) is 20.2. The smallest absolute Gasteiger partial charge is 0.291 e. The molecule has 0 unspecified atom stereocenters. The molecule has 1 N–H and O–H groups in total. The highest BCUT2D eigenvalue weighted by Gasteiger charge is 2.26. The van der Waals surface area contributed by atoms with E-state index in [0.29, 0.717) is 6.54 Å². The summed E-state index contributed by atoms with van der Waals surface area (Å²) in [5.41, 5.74) is 3.88. The molecule has 1 aliphatic heterocycles. The molecule has 2 heterocycles. The highest BCUT2D eigenvalue weighted by atomic mass is 19.1. The standard InChI is InChI=1S/C21H28FN5O/c1-13-6-7-17(22)10-16(13)11-23-18-8-9-27(12-18)20-14(2)15(3)24-19(25-20)21(28)26(4)5/h6-7,10,18,23H,8-9,11-12H2,1-5H3/t18-/m1/s1. The summed E-state index contributed by atoms with van der Waals surface area (Å²) in [5.74, 6) is 0.652. The Hall–Kier alpha value is -2.54. The van der Waals surface area contributed by atoms with E-state index < -0.39 is 0 Å². The first-order valence-corrected chi connectivity index (χ1v) is 9.56. The number of halogens is 1. The van der Waals surface area contributed by atoms with Crippen molar-refractivity contribution in [2.24, 2.45) is 0 Å². The third-order valence-electron chi connectivity index (χ3n) is 5.34. The van der Waals surface area contributed by atoms with Crippen molar-refractivity contribution in [3.05, 3.63) is 52.2 Å². The predicted molar refractivity (Wildman–Crippen MR) is 108 cm³/mol. The summed E-state index contributed by atoms with van der Waals surface area (Å²) in [7, 11) is 3.40. The highest BCUT2D eigenvalue weighted by Crippen LogP contribution is 2.24. The van der Waals surface area contributed by atoms with Gasteiger partial charge in [-0.1, -0.05) is 6.07 Å². The predicted octanol–water partition coefficient (Wildman–Crippen LogP) is 2.61. The fraction of sp³-hybridized carbons (Fsp3) is 0.476. The van der Waals surface area contributed by atoms with Gasteiger partial charge in [0.25, 0.3) is 5.91 Å². The van der Waals surface area contributed by atoms with Gasteiger partial charge in [0, 0.05) is 51.0 Å². The normalized spacial score (nSPS) is 16.5. The maximum absolute atomic E-state index is 13.5. The number of nitrogens with one attached hydrogen (secondary N) is 1. The minimum absolute atomic E-state index is 0.195. The Morgan fingerprint density at radius 2 is 2.04 bits per heavy atom. The van der Waals surface area contributed by atoms with Gasteiger partial charge in [0.2, 0.25) is 5.82 Å². The lowest BCUT2D eigenvalue weighted by atomic mass is 10.1. The first-order valence-electron chi connectivity index (χ1n) is 9.56. The van der Waals surface area contributed by atoms with Crippen LogP contribution in [0.15, 0.2) is 18.2 Å². The van der Waals surface area contributed by atoms with Crippen LogP contribution in [0.2, 0.25) is 0 Å². The van der Waals surface area contributed by atoms with Crippen LogP contribution in [-0.2, 0) is 6.54 Å². The van der Waals surface area contributed by atoms with Crippen molar-refractivity contribution in [3.8, 4) is 0 Å². The van der Waals surface area contributed by atoms with Crippen LogP contribution in [-0.4, -0.2) is 54.0 Å². The SMILES string of the molecule is Cc1ccc(F)cc1CN[C@@H]1CCN(c2nc(C(=O)N(C)C)nc(C)c2C)C1. The number of aromatic nitrogens is 2. The summed E-state index contributed by atoms with van der Waals surface area (Å²) in [5, 5.41) is 3.53. The van der Waals surface area contributed by atoms with E-state index in [4.69, 9.17) is 0 Å². The number of carbonyl (C=O) groups excluding carboxylic acids is 1. The van der Waals surface area contributed by atoms with E-state index in [-0.39, 0.29) is 23.6 Å². The second-order valence-corrected chi connectivity index (χ2v) is 7.66. The van der Waals surface area contributed by atoms with E-state index in [1.807, 2.05) is 26.8 Å². The summed E-state index contributed by atoms with van der Waals surface area (Å²) in [6, 6.07) is 5.17. The number of hydrogen-bond acceptors (Lipinski definition) is 5. The topological polar surface area (TPSA) is 61.4 Å². The molecule has 0 radical (unpaired) electrons. The molecule has 1 atom stereocenters. The molecule has 1 aromatic heterocycles. The molecule has 1 aliphatic rings. The second-order valence-electron chi connectivity index (χ2n) is 7.66. The van der Waals surface area contributed by atoms with E-state index in [2.05, 4.69) is 20.2 Å². The van der Waals surface area contributed by atoms with Crippen molar-refractivity contribution < 1.29 is 9.18 Å². The van der Waals surface area contributed by atoms with Crippen LogP contribution in [0.4, 0.5) is 10.2 Å². The Labute approximate surface area is 165 Å². The molecule has 28 heavy (non-hydrogen) atoms. The molecule has 0 saturated carbocycles. The van der Waals surface area contributed by atoms with Gasteiger partial charge < -0.3 is 15.1 Å². The minimum Gasteiger partial charge on any atom is -0.355 e. The minimum atomic E-state index is -0.208. The summed E-state index contributed by atoms with van der Waals surface area (Å²) in [6.07, 6.45) is 0.966. The molecule has 3 rings (SSSR count). The molecule has 1 aromatic carbocycles. The zero-order valence-electron chi connectivity index (χ0n) is 17.2. The molecule has 150 valence electrons. The molecule has 1 fully saturated rings. The number of anilines is 1. The number of aryl methyl sites for hydroxylation is 2. The van der Waals surface area contributed by atoms with E-state index >= 15 is 0 Å². The monoisotopic (exact) mass is 385 g/mol. The molecular formula is C21H28FN5O. The highest BCUT2D eigenvalue weighted by molar-refractivity contribution is 5.90. The van der Waals surface area contributed by atoms with Crippen molar-refractivity contribution in [1.29, 1.82) is 0 Å². The molecule has 1 amide bonds. The van der Waals surface area contributed by atoms with Crippen LogP contribution in [0.25, 0.3) is 0 Å². The number of benzene rings is 1. The van der Waals surface area contributed by atoms with Crippen molar-refractivity contribution >= 4 is 11.7 Å². The molecule has 6 nitrogen and oxygen atoms in total. The summed E-state index contributed by atoms with van der Waals surface area (Å²) < 4.78 is 13.5. The zero-order chi connectivity index (χ0) is 20.4. The molecule has 0 aliphatic carbocycles. The van der Waals surface area contributed by atoms with Gasteiger partial charge in [0.15, 0.2) is 0 Å². The fourth-order valence-corrected chi connectivity index (χ4v) is 3.42. The number of hydrogen-bond donors (Lipinski definition) is 1. The van der Waals surface area contributed by atoms with Gasteiger partial charge in [-0.25, -0.2) is 14.4 Å². The van der Waals surface area contributed by atoms with E-state index in [1.54, 1.807) is 20.2 Å². The maximum Gasteiger partial charge on any atom is 0.291 e. The average Bonchev–Trinajstić information content (AvgIpc) is 3.12. The molecule has 2 aromatic rings. The molecule has 0 spiro atoms. The van der Waals surface area contributed by atoms with Crippen LogP contribution in [0, 0.1) is 26.6 Å². The number of nitrogens with zero attached hydrogens (tertiary/aromatic N) is 4. The lowest BCUT2D eigenvalue weighted by Crippen LogP contribution is -2.33. The number of carbonyl (C=O) groups is 1. The van der Waals surface area contributed by atoms with Crippen molar-refractivity contribution in [3.63, 3.8) is 0 Å². The van der Waals surface area contributed by atoms with Crippen LogP contribution >= 0.6 is 0 Å². The number of amides is 1. The largest absolute Gasteiger partial charge is 0.355 e. The Morgan fingerprint density at radius 3 is 2.75 bits per heavy atom. The van der Waals surface area contributed by atoms with Crippen molar-refractivity contribution in [2.45, 2.75) is 39.8 Å². The van der Waals surface area contributed by atoms with Crippen LogP contribution in [0.5, 0.6) is 0 Å². The van der Waals surface area contributed by atoms with E-state index in [1.165, 1.54) is 11.0 Å². The van der Waals surface area contributed by atoms with Gasteiger partial charge in [-0.05, 0) is 50.5 Å². The Bertz CT molecular complexity index is 883. The Kier molecular flexibility index (Phi) is 5.93. The van der Waals surface area contributed by atoms with Crippen LogP contribution in [0.3, 0.4) is 0 Å². The third-order valence-corrected chi connectivity index (χ3v) is 5.34. The maximum atomic E-state index is 13.5. The van der Waals surface area contributed by atoms with Gasteiger partial charge >= 0.3 is 0 Å². The molecular weight excluding hydrogens is 357 g/mol. The number of rotatable bonds is 5. The quantitative estimate of drug-likeness (QED) is 0.857. The van der Waals surface area contributed by atoms with Gasteiger partial charge in [-0.3, -0.25) is 4.79 Å². The average molecular weight is 385 g/mol. The van der Waals surface area contributed by atoms with Gasteiger partial charge in [0.1, 0.15) is 11.6 Å². The van der Waals surface area contributed by atoms with Gasteiger partial charge in [-0.2, -0.15) is 0 Å². The van der Waals surface area contributed by atoms with Crippen molar-refractivity contribution in [2.75, 3.05) is 32.1 Å². The third kappa shape index (κ3) is 4.30. The van der Waals surface area contributed by atoms with E-state index in [9.17, 15) is 9.18 Å². The first-order chi connectivity index (χ1) is 13.3. The lowest BCUT2D eigenvalue weighted by molar-refractivity contribution is 0.0815. The Balaban J connectivity index is 1.71. The summed E-state index contributed by atoms with van der Waals surface area (Å²) in [4.78, 5) is 24.9. The lowest BCUT2D eigenvalue weighted by Gasteiger charge is -2.22. The van der Waals surface area contributed by atoms with Gasteiger partial charge in [-0.15, -0.1) is 0 Å². The van der Waals surface area contributed by atoms with E-state index in [0.717, 1.165) is 47.7 Å². The fourth-order valence-electron chi connectivity index (χ4n) is 3.42. The molecule has 0 bridgehead atoms. The van der Waals surface area contributed by atoms with Crippen LogP contribution < -0.4 is 10.2 Å². The second kappa shape index (κ2) is 8.22. The molecule has 7 heteroatoms. The molecule has 1 saturated heterocycles. The van der Waals surface area contributed by atoms with Crippen LogP contribution in [0.1, 0.15) is 39.4 Å².